The Kier molecular flexibility index (Phi) is 3.58. The molecule has 0 aromatic heterocycles. The van der Waals surface area contributed by atoms with Gasteiger partial charge in [-0.05, 0) is 43.2 Å². The number of benzene rings is 1. The van der Waals surface area contributed by atoms with Crippen molar-refractivity contribution in [3.05, 3.63) is 28.8 Å². The van der Waals surface area contributed by atoms with Crippen LogP contribution in [-0.4, -0.2) is 12.0 Å². The van der Waals surface area contributed by atoms with Crippen molar-refractivity contribution < 1.29 is 4.79 Å². The topological polar surface area (TPSA) is 17.1 Å². The predicted octanol–water partition coefficient (Wildman–Crippen LogP) is 3.39. The van der Waals surface area contributed by atoms with Gasteiger partial charge >= 0.3 is 0 Å². The van der Waals surface area contributed by atoms with Gasteiger partial charge in [-0.25, -0.2) is 0 Å². The Morgan fingerprint density at radius 2 is 2.25 bits per heavy atom. The average Bonchev–Trinajstić information content (AvgIpc) is 3.10. The SMILES string of the molecule is CSc1ccc(C#CC(=O)C2CC2)c(Cl)c1. The van der Waals surface area contributed by atoms with Crippen LogP contribution in [-0.2, 0) is 4.79 Å². The van der Waals surface area contributed by atoms with Gasteiger partial charge in [-0.2, -0.15) is 0 Å². The molecule has 0 aliphatic heterocycles. The fraction of sp³-hybridized carbons (Fsp3) is 0.308. The molecule has 3 heteroatoms. The number of carbonyl (C=O) groups excluding carboxylic acids is 1. The molecule has 2 rings (SSSR count). The Bertz CT molecular complexity index is 480. The highest BCUT2D eigenvalue weighted by Gasteiger charge is 2.28. The molecule has 16 heavy (non-hydrogen) atoms. The lowest BCUT2D eigenvalue weighted by atomic mass is 10.2. The largest absolute Gasteiger partial charge is 0.285 e. The van der Waals surface area contributed by atoms with E-state index in [0.717, 1.165) is 23.3 Å². The van der Waals surface area contributed by atoms with Crippen molar-refractivity contribution in [1.82, 2.24) is 0 Å². The zero-order chi connectivity index (χ0) is 11.5. The maximum Gasteiger partial charge on any atom is 0.208 e. The standard InChI is InChI=1S/C13H11ClOS/c1-16-11-6-4-9(12(14)8-11)5-7-13(15)10-2-3-10/h4,6,8,10H,2-3H2,1H3. The lowest BCUT2D eigenvalue weighted by Gasteiger charge is -1.98. The van der Waals surface area contributed by atoms with Gasteiger partial charge in [0.2, 0.25) is 5.78 Å². The smallest absolute Gasteiger partial charge is 0.208 e. The van der Waals surface area contributed by atoms with Crippen LogP contribution in [0.2, 0.25) is 5.02 Å². The van der Waals surface area contributed by atoms with E-state index in [4.69, 9.17) is 11.6 Å². The molecular weight excluding hydrogens is 240 g/mol. The van der Waals surface area contributed by atoms with Gasteiger partial charge in [-0.1, -0.05) is 17.5 Å². The minimum absolute atomic E-state index is 0.0463. The van der Waals surface area contributed by atoms with Crippen LogP contribution in [0.3, 0.4) is 0 Å². The first-order valence-electron chi connectivity index (χ1n) is 5.10. The van der Waals surface area contributed by atoms with Crippen molar-refractivity contribution >= 4 is 29.1 Å². The summed E-state index contributed by atoms with van der Waals surface area (Å²) in [6.45, 7) is 0. The number of halogens is 1. The zero-order valence-electron chi connectivity index (χ0n) is 8.92. The van der Waals surface area contributed by atoms with Gasteiger partial charge in [0, 0.05) is 16.4 Å². The highest BCUT2D eigenvalue weighted by molar-refractivity contribution is 7.98. The number of hydrogen-bond acceptors (Lipinski definition) is 2. The summed E-state index contributed by atoms with van der Waals surface area (Å²) in [5, 5.41) is 0.614. The van der Waals surface area contributed by atoms with E-state index >= 15 is 0 Å². The molecule has 0 atom stereocenters. The number of hydrogen-bond donors (Lipinski definition) is 0. The van der Waals surface area contributed by atoms with Crippen LogP contribution >= 0.6 is 23.4 Å². The molecule has 1 aliphatic carbocycles. The van der Waals surface area contributed by atoms with Crippen molar-refractivity contribution in [1.29, 1.82) is 0 Å². The third kappa shape index (κ3) is 2.81. The summed E-state index contributed by atoms with van der Waals surface area (Å²) in [7, 11) is 0. The van der Waals surface area contributed by atoms with Gasteiger partial charge < -0.3 is 0 Å². The first-order valence-corrected chi connectivity index (χ1v) is 6.70. The third-order valence-corrected chi connectivity index (χ3v) is 3.48. The highest BCUT2D eigenvalue weighted by atomic mass is 35.5. The van der Waals surface area contributed by atoms with Crippen molar-refractivity contribution in [2.24, 2.45) is 5.92 Å². The molecule has 0 heterocycles. The quantitative estimate of drug-likeness (QED) is 0.591. The van der Waals surface area contributed by atoms with Crippen LogP contribution in [0, 0.1) is 17.8 Å². The number of thioether (sulfide) groups is 1. The Labute approximate surface area is 105 Å². The Balaban J connectivity index is 2.17. The first-order chi connectivity index (χ1) is 7.70. The molecule has 0 N–H and O–H groups in total. The van der Waals surface area contributed by atoms with E-state index in [1.165, 1.54) is 0 Å². The maximum absolute atomic E-state index is 11.4. The highest BCUT2D eigenvalue weighted by Crippen LogP contribution is 2.29. The van der Waals surface area contributed by atoms with E-state index in [2.05, 4.69) is 11.8 Å². The molecular formula is C13H11ClOS. The molecule has 0 unspecified atom stereocenters. The summed E-state index contributed by atoms with van der Waals surface area (Å²) in [6, 6.07) is 5.70. The molecule has 0 spiro atoms. The third-order valence-electron chi connectivity index (χ3n) is 2.44. The summed E-state index contributed by atoms with van der Waals surface area (Å²) < 4.78 is 0. The second-order valence-electron chi connectivity index (χ2n) is 3.73. The summed E-state index contributed by atoms with van der Waals surface area (Å²) in [5.41, 5.74) is 0.730. The molecule has 1 saturated carbocycles. The van der Waals surface area contributed by atoms with E-state index in [1.54, 1.807) is 11.8 Å². The van der Waals surface area contributed by atoms with Gasteiger partial charge in [-0.3, -0.25) is 4.79 Å². The van der Waals surface area contributed by atoms with Crippen molar-refractivity contribution in [3.63, 3.8) is 0 Å². The molecule has 1 aliphatic rings. The molecule has 0 amide bonds. The van der Waals surface area contributed by atoms with E-state index in [0.29, 0.717) is 5.02 Å². The Morgan fingerprint density at radius 1 is 1.50 bits per heavy atom. The van der Waals surface area contributed by atoms with Gasteiger partial charge in [0.05, 0.1) is 5.02 Å². The number of rotatable bonds is 2. The summed E-state index contributed by atoms with van der Waals surface area (Å²) in [4.78, 5) is 12.5. The molecule has 1 nitrogen and oxygen atoms in total. The second-order valence-corrected chi connectivity index (χ2v) is 5.02. The molecule has 1 aromatic rings. The van der Waals surface area contributed by atoms with Gasteiger partial charge in [-0.15, -0.1) is 11.8 Å². The lowest BCUT2D eigenvalue weighted by molar-refractivity contribution is -0.114. The number of carbonyl (C=O) groups is 1. The minimum atomic E-state index is 0.0463. The first kappa shape index (κ1) is 11.6. The molecule has 0 bridgehead atoms. The lowest BCUT2D eigenvalue weighted by Crippen LogP contribution is -1.94. The van der Waals surface area contributed by atoms with Crippen molar-refractivity contribution in [3.8, 4) is 11.8 Å². The van der Waals surface area contributed by atoms with E-state index < -0.39 is 0 Å². The fourth-order valence-electron chi connectivity index (χ4n) is 1.30. The Morgan fingerprint density at radius 3 is 2.81 bits per heavy atom. The summed E-state index contributed by atoms with van der Waals surface area (Å²) >= 11 is 7.69. The van der Waals surface area contributed by atoms with Crippen LogP contribution in [0.25, 0.3) is 0 Å². The fourth-order valence-corrected chi connectivity index (χ4v) is 2.03. The predicted molar refractivity (Wildman–Crippen MR) is 67.8 cm³/mol. The van der Waals surface area contributed by atoms with Crippen molar-refractivity contribution in [2.75, 3.05) is 6.26 Å². The van der Waals surface area contributed by atoms with Crippen molar-refractivity contribution in [2.45, 2.75) is 17.7 Å². The van der Waals surface area contributed by atoms with Crippen LogP contribution in [0.15, 0.2) is 23.1 Å². The number of Topliss-reactive ketones (excluding diaryl/α,β-unsaturated/α-hetero) is 1. The normalized spacial score (nSPS) is 14.1. The van der Waals surface area contributed by atoms with Crippen LogP contribution in [0.1, 0.15) is 18.4 Å². The monoisotopic (exact) mass is 250 g/mol. The Hall–Kier alpha value is -0.910. The molecule has 82 valence electrons. The average molecular weight is 251 g/mol. The zero-order valence-corrected chi connectivity index (χ0v) is 10.5. The van der Waals surface area contributed by atoms with Gasteiger partial charge in [0.15, 0.2) is 0 Å². The van der Waals surface area contributed by atoms with E-state index in [-0.39, 0.29) is 11.7 Å². The molecule has 0 saturated heterocycles. The summed E-state index contributed by atoms with van der Waals surface area (Å²) in [6.07, 6.45) is 3.98. The minimum Gasteiger partial charge on any atom is -0.285 e. The molecule has 0 radical (unpaired) electrons. The van der Waals surface area contributed by atoms with Gasteiger partial charge in [0.1, 0.15) is 0 Å². The van der Waals surface area contributed by atoms with Crippen LogP contribution in [0.5, 0.6) is 0 Å². The maximum atomic E-state index is 11.4. The second kappa shape index (κ2) is 4.95. The van der Waals surface area contributed by atoms with E-state index in [1.807, 2.05) is 24.5 Å². The van der Waals surface area contributed by atoms with Crippen LogP contribution < -0.4 is 0 Å². The van der Waals surface area contributed by atoms with E-state index in [9.17, 15) is 4.79 Å². The number of ketones is 1. The van der Waals surface area contributed by atoms with Gasteiger partial charge in [0.25, 0.3) is 0 Å². The summed E-state index contributed by atoms with van der Waals surface area (Å²) in [5.74, 6) is 5.74. The molecule has 1 aromatic carbocycles. The van der Waals surface area contributed by atoms with Crippen LogP contribution in [0.4, 0.5) is 0 Å². The molecule has 1 fully saturated rings.